The first kappa shape index (κ1) is 7.66. The number of hydrogen-bond acceptors (Lipinski definition) is 0. The summed E-state index contributed by atoms with van der Waals surface area (Å²) in [4.78, 5) is 0. The van der Waals surface area contributed by atoms with E-state index in [4.69, 9.17) is 28.8 Å². The lowest BCUT2D eigenvalue weighted by Gasteiger charge is -2.16. The molecule has 0 nitrogen and oxygen atoms in total. The van der Waals surface area contributed by atoms with Crippen molar-refractivity contribution in [2.75, 3.05) is 0 Å². The van der Waals surface area contributed by atoms with Gasteiger partial charge in [0, 0.05) is 0 Å². The minimum atomic E-state index is -1.00. The summed E-state index contributed by atoms with van der Waals surface area (Å²) in [5, 5.41) is -3.69. The Morgan fingerprint density at radius 2 is 0.778 bits per heavy atom. The fourth-order valence-electron chi connectivity index (χ4n) is 4.00. The van der Waals surface area contributed by atoms with Crippen LogP contribution in [0.5, 0.6) is 0 Å². The van der Waals surface area contributed by atoms with Gasteiger partial charge in [-0.25, -0.2) is 0 Å². The Balaban J connectivity index is 1.89. The summed E-state index contributed by atoms with van der Waals surface area (Å²) in [5.74, 6) is 0. The van der Waals surface area contributed by atoms with E-state index in [9.17, 15) is 4.11 Å². The van der Waals surface area contributed by atoms with Gasteiger partial charge in [0.1, 0.15) is 0 Å². The smallest absolute Gasteiger partial charge is 0.0622 e. The molecular weight excluding hydrogens is 432 g/mol. The van der Waals surface area contributed by atoms with Gasteiger partial charge in [-0.2, -0.15) is 0 Å². The molecule has 0 saturated carbocycles. The molecule has 7 rings (SSSR count). The van der Waals surface area contributed by atoms with Crippen molar-refractivity contribution in [3.8, 4) is 33.4 Å². The Morgan fingerprint density at radius 1 is 0.333 bits per heavy atom. The molecule has 0 heteroatoms. The van der Waals surface area contributed by atoms with Crippen LogP contribution in [0.4, 0.5) is 0 Å². The normalized spacial score (nSPS) is 20.7. The van der Waals surface area contributed by atoms with Crippen molar-refractivity contribution in [1.29, 1.82) is 0 Å². The van der Waals surface area contributed by atoms with Gasteiger partial charge < -0.3 is 0 Å². The van der Waals surface area contributed by atoms with E-state index in [1.807, 2.05) is 0 Å². The third kappa shape index (κ3) is 3.39. The van der Waals surface area contributed by atoms with Crippen molar-refractivity contribution in [2.24, 2.45) is 0 Å². The molecule has 7 aromatic rings. The number of hydrogen-bond donors (Lipinski definition) is 0. The maximum Gasteiger partial charge on any atom is 0.0636 e. The van der Waals surface area contributed by atoms with Crippen molar-refractivity contribution < 1.29 is 32.9 Å². The van der Waals surface area contributed by atoms with Crippen LogP contribution in [0, 0.1) is 0 Å². The summed E-state index contributed by atoms with van der Waals surface area (Å²) in [7, 11) is 0. The zero-order valence-corrected chi connectivity index (χ0v) is 18.0. The van der Waals surface area contributed by atoms with Gasteiger partial charge >= 0.3 is 0 Å². The molecule has 0 heterocycles. The molecule has 0 atom stereocenters. The molecule has 0 amide bonds. The molecule has 0 saturated heterocycles. The highest BCUT2D eigenvalue weighted by Gasteiger charge is 2.14. The molecule has 0 spiro atoms. The first-order valence-electron chi connectivity index (χ1n) is 22.5. The van der Waals surface area contributed by atoms with Gasteiger partial charge in [0.25, 0.3) is 0 Å². The number of rotatable bonds is 3. The molecule has 0 aromatic heterocycles. The fourth-order valence-corrected chi connectivity index (χ4v) is 4.00. The molecule has 36 heavy (non-hydrogen) atoms. The van der Waals surface area contributed by atoms with Gasteiger partial charge in [-0.1, -0.05) is 127 Å². The maximum absolute atomic E-state index is 9.75. The molecule has 0 aliphatic heterocycles. The average Bonchev–Trinajstić information content (AvgIpc) is 3.21. The van der Waals surface area contributed by atoms with E-state index in [0.29, 0.717) is 0 Å². The standard InChI is InChI=1S/C36H24/c1-3-12-25(13-4-1)27-16-11-17-28(22-27)35-24-29-23-34(26-14-5-2-6-15-26)30-18-7-9-20-32(30)36(29)33-21-10-8-19-31(33)35/h1-24H/i1D,2D,3D,4D,5D,6D,7D,8D,9D,10D,11D,12D,13D,14D,15D,16D,17D,18D,19D,20D,21D,22D,23D,24D. The van der Waals surface area contributed by atoms with Crippen LogP contribution in [-0.4, -0.2) is 0 Å². The molecule has 0 unspecified atom stereocenters. The summed E-state index contributed by atoms with van der Waals surface area (Å²) < 4.78 is 210. The minimum absolute atomic E-state index is 0.541. The molecule has 0 radical (unpaired) electrons. The second kappa shape index (κ2) is 8.52. The molecule has 0 aliphatic carbocycles. The Morgan fingerprint density at radius 3 is 1.39 bits per heavy atom. The second-order valence-electron chi connectivity index (χ2n) is 7.50. The number of fused-ring (bicyclic) bond motifs is 5. The van der Waals surface area contributed by atoms with E-state index >= 15 is 0 Å². The van der Waals surface area contributed by atoms with Crippen molar-refractivity contribution in [3.63, 3.8) is 0 Å². The third-order valence-corrected chi connectivity index (χ3v) is 5.50. The van der Waals surface area contributed by atoms with Crippen LogP contribution in [0.3, 0.4) is 0 Å². The zero-order valence-electron chi connectivity index (χ0n) is 42.0. The lowest BCUT2D eigenvalue weighted by Crippen LogP contribution is -1.89. The monoisotopic (exact) mass is 480 g/mol. The first-order chi connectivity index (χ1) is 27.9. The predicted molar refractivity (Wildman–Crippen MR) is 155 cm³/mol. The van der Waals surface area contributed by atoms with Crippen molar-refractivity contribution in [2.45, 2.75) is 0 Å². The largest absolute Gasteiger partial charge is 0.0636 e. The summed E-state index contributed by atoms with van der Waals surface area (Å²) in [6, 6.07) is -21.9. The van der Waals surface area contributed by atoms with Crippen molar-refractivity contribution >= 4 is 32.3 Å². The quantitative estimate of drug-likeness (QED) is 0.221. The summed E-state index contributed by atoms with van der Waals surface area (Å²) in [6.07, 6.45) is 0. The molecular formula is C36H24. The Bertz CT molecular complexity index is 3130. The second-order valence-corrected chi connectivity index (χ2v) is 7.50. The summed E-state index contributed by atoms with van der Waals surface area (Å²) in [6.45, 7) is 0. The SMILES string of the molecule is [2H]c1c([2H])c([2H])c(-c2c([2H])c([2H])c([2H])c(-c3c([2H])c4c([2H])c(-c5c([2H])c([2H])c([2H])c([2H])c5[2H])c5c([2H])c([2H])c([2H])c([2H])c5c4c4c([2H])c([2H])c([2H])c([2H])c34)c2[2H])c([2H])c1[2H]. The fraction of sp³-hybridized carbons (Fsp3) is 0. The lowest BCUT2D eigenvalue weighted by molar-refractivity contribution is 1.61. The van der Waals surface area contributed by atoms with Crippen LogP contribution in [0.2, 0.25) is 0 Å². The van der Waals surface area contributed by atoms with E-state index in [1.165, 1.54) is 0 Å². The maximum atomic E-state index is 9.75. The minimum Gasteiger partial charge on any atom is -0.0622 e. The molecule has 0 aliphatic rings. The van der Waals surface area contributed by atoms with Crippen LogP contribution in [0.1, 0.15) is 32.9 Å². The lowest BCUT2D eigenvalue weighted by atomic mass is 9.87. The van der Waals surface area contributed by atoms with E-state index in [1.54, 1.807) is 0 Å². The van der Waals surface area contributed by atoms with Crippen molar-refractivity contribution in [3.05, 3.63) is 145 Å². The van der Waals surface area contributed by atoms with Gasteiger partial charge in [0.2, 0.25) is 0 Å². The highest BCUT2D eigenvalue weighted by molar-refractivity contribution is 6.25. The topological polar surface area (TPSA) is 0 Å². The molecule has 0 N–H and O–H groups in total. The first-order valence-corrected chi connectivity index (χ1v) is 10.5. The van der Waals surface area contributed by atoms with Crippen LogP contribution in [-0.2, 0) is 0 Å². The van der Waals surface area contributed by atoms with Gasteiger partial charge in [-0.15, -0.1) is 0 Å². The third-order valence-electron chi connectivity index (χ3n) is 5.50. The molecule has 7 aromatic carbocycles. The van der Waals surface area contributed by atoms with Crippen LogP contribution in [0.15, 0.2) is 145 Å². The Kier molecular flexibility index (Phi) is 1.81. The van der Waals surface area contributed by atoms with Crippen LogP contribution in [0.25, 0.3) is 65.7 Å². The van der Waals surface area contributed by atoms with E-state index in [-0.39, 0.29) is 0 Å². The Hall–Kier alpha value is -4.68. The zero-order chi connectivity index (χ0) is 44.8. The summed E-state index contributed by atoms with van der Waals surface area (Å²) >= 11 is 0. The van der Waals surface area contributed by atoms with Gasteiger partial charge in [0.05, 0.1) is 32.9 Å². The van der Waals surface area contributed by atoms with Gasteiger partial charge in [0.15, 0.2) is 0 Å². The highest BCUT2D eigenvalue weighted by Crippen LogP contribution is 2.42. The van der Waals surface area contributed by atoms with E-state index < -0.39 is 211 Å². The highest BCUT2D eigenvalue weighted by atomic mass is 14.2. The van der Waals surface area contributed by atoms with Crippen LogP contribution >= 0.6 is 0 Å². The van der Waals surface area contributed by atoms with Crippen molar-refractivity contribution in [1.82, 2.24) is 0 Å². The van der Waals surface area contributed by atoms with E-state index in [0.717, 1.165) is 0 Å². The molecule has 0 bridgehead atoms. The van der Waals surface area contributed by atoms with Crippen LogP contribution < -0.4 is 0 Å². The summed E-state index contributed by atoms with van der Waals surface area (Å²) in [5.41, 5.74) is -4.52. The molecule has 0 fully saturated rings. The van der Waals surface area contributed by atoms with Gasteiger partial charge in [-0.05, 0) is 83.8 Å². The molecule has 168 valence electrons. The Labute approximate surface area is 244 Å². The average molecular weight is 481 g/mol. The number of benzene rings is 7. The van der Waals surface area contributed by atoms with E-state index in [2.05, 4.69) is 0 Å². The predicted octanol–water partition coefficient (Wildman–Crippen LogP) is 10.1. The van der Waals surface area contributed by atoms with Gasteiger partial charge in [-0.3, -0.25) is 0 Å².